The molecule has 2 rings (SSSR count). The van der Waals surface area contributed by atoms with Crippen molar-refractivity contribution in [3.05, 3.63) is 35.0 Å². The summed E-state index contributed by atoms with van der Waals surface area (Å²) in [6.07, 6.45) is 1.32. The topological polar surface area (TPSA) is 99.5 Å². The summed E-state index contributed by atoms with van der Waals surface area (Å²) in [5, 5.41) is 24.7. The van der Waals surface area contributed by atoms with E-state index in [0.29, 0.717) is 5.69 Å². The third kappa shape index (κ3) is 2.84. The molecular weight excluding hydrogens is 287 g/mol. The Morgan fingerprint density at radius 2 is 2.40 bits per heavy atom. The number of aromatic nitrogens is 4. The van der Waals surface area contributed by atoms with Crippen LogP contribution in [0, 0.1) is 17.1 Å². The normalized spacial score (nSPS) is 11.0. The molecule has 0 aliphatic heterocycles. The number of aromatic amines is 1. The fourth-order valence-electron chi connectivity index (χ4n) is 1.42. The summed E-state index contributed by atoms with van der Waals surface area (Å²) in [7, 11) is 1.32. The highest BCUT2D eigenvalue weighted by atomic mass is 35.5. The zero-order valence-corrected chi connectivity index (χ0v) is 10.9. The zero-order valence-electron chi connectivity index (χ0n) is 10.2. The van der Waals surface area contributed by atoms with Crippen LogP contribution in [0.5, 0.6) is 5.75 Å². The number of hydrogen-bond donors (Lipinski definition) is 2. The second-order valence-corrected chi connectivity index (χ2v) is 3.93. The summed E-state index contributed by atoms with van der Waals surface area (Å²) < 4.78 is 18.4. The van der Waals surface area contributed by atoms with Crippen molar-refractivity contribution in [3.63, 3.8) is 0 Å². The van der Waals surface area contributed by atoms with Crippen molar-refractivity contribution in [2.75, 3.05) is 12.4 Å². The molecule has 7 nitrogen and oxygen atoms in total. The summed E-state index contributed by atoms with van der Waals surface area (Å²) >= 11 is 5.85. The lowest BCUT2D eigenvalue weighted by Gasteiger charge is -2.07. The van der Waals surface area contributed by atoms with Gasteiger partial charge in [0.2, 0.25) is 5.82 Å². The molecule has 0 aliphatic carbocycles. The van der Waals surface area contributed by atoms with Gasteiger partial charge in [0.15, 0.2) is 11.6 Å². The highest BCUT2D eigenvalue weighted by Gasteiger charge is 2.10. The summed E-state index contributed by atoms with van der Waals surface area (Å²) in [6.45, 7) is 0. The molecule has 20 heavy (non-hydrogen) atoms. The number of ether oxygens (including phenoxy) is 1. The third-order valence-corrected chi connectivity index (χ3v) is 2.57. The Morgan fingerprint density at radius 1 is 1.60 bits per heavy atom. The smallest absolute Gasteiger partial charge is 0.216 e. The standard InChI is InChI=1S/C11H8ClFN6O/c1-20-10-8(12)2-7(3-9(10)13)15-5-6(4-14)11-16-18-19-17-11/h2-3,5,15H,1H3,(H,16,17,18,19). The highest BCUT2D eigenvalue weighted by molar-refractivity contribution is 6.32. The van der Waals surface area contributed by atoms with Crippen LogP contribution in [0.2, 0.25) is 5.02 Å². The van der Waals surface area contributed by atoms with Crippen molar-refractivity contribution in [1.29, 1.82) is 5.26 Å². The third-order valence-electron chi connectivity index (χ3n) is 2.29. The molecule has 2 N–H and O–H groups in total. The maximum atomic E-state index is 13.6. The average molecular weight is 295 g/mol. The van der Waals surface area contributed by atoms with E-state index >= 15 is 0 Å². The molecule has 1 aromatic heterocycles. The number of benzene rings is 1. The number of allylic oxidation sites excluding steroid dienone is 1. The van der Waals surface area contributed by atoms with Crippen LogP contribution in [0.3, 0.4) is 0 Å². The van der Waals surface area contributed by atoms with Gasteiger partial charge < -0.3 is 10.1 Å². The Balaban J connectivity index is 2.25. The number of halogens is 2. The van der Waals surface area contributed by atoms with Gasteiger partial charge >= 0.3 is 0 Å². The van der Waals surface area contributed by atoms with E-state index in [2.05, 4.69) is 25.9 Å². The first-order valence-electron chi connectivity index (χ1n) is 5.29. The minimum absolute atomic E-state index is 0.0418. The first-order valence-corrected chi connectivity index (χ1v) is 5.67. The fourth-order valence-corrected chi connectivity index (χ4v) is 1.70. The summed E-state index contributed by atoms with van der Waals surface area (Å²) in [5.74, 6) is -0.533. The number of rotatable bonds is 4. The van der Waals surface area contributed by atoms with Crippen LogP contribution in [0.4, 0.5) is 10.1 Å². The number of nitrogens with zero attached hydrogens (tertiary/aromatic N) is 4. The molecule has 0 saturated carbocycles. The van der Waals surface area contributed by atoms with Gasteiger partial charge in [0.05, 0.1) is 12.1 Å². The van der Waals surface area contributed by atoms with Crippen molar-refractivity contribution < 1.29 is 9.13 Å². The quantitative estimate of drug-likeness (QED) is 0.836. The largest absolute Gasteiger partial charge is 0.492 e. The Hall–Kier alpha value is -2.66. The molecule has 0 fully saturated rings. The van der Waals surface area contributed by atoms with Crippen LogP contribution in [-0.2, 0) is 0 Å². The molecule has 1 aromatic carbocycles. The van der Waals surface area contributed by atoms with E-state index in [-0.39, 0.29) is 22.2 Å². The number of anilines is 1. The van der Waals surface area contributed by atoms with E-state index in [1.165, 1.54) is 25.4 Å². The molecule has 2 aromatic rings. The van der Waals surface area contributed by atoms with Crippen LogP contribution >= 0.6 is 11.6 Å². The fraction of sp³-hybridized carbons (Fsp3) is 0.0909. The van der Waals surface area contributed by atoms with Gasteiger partial charge in [0, 0.05) is 18.0 Å². The van der Waals surface area contributed by atoms with E-state index in [1.54, 1.807) is 0 Å². The van der Waals surface area contributed by atoms with Crippen molar-refractivity contribution in [2.45, 2.75) is 0 Å². The second kappa shape index (κ2) is 5.99. The lowest BCUT2D eigenvalue weighted by atomic mass is 10.2. The predicted octanol–water partition coefficient (Wildman–Crippen LogP) is 1.98. The van der Waals surface area contributed by atoms with E-state index in [9.17, 15) is 4.39 Å². The van der Waals surface area contributed by atoms with E-state index in [0.717, 1.165) is 0 Å². The van der Waals surface area contributed by atoms with E-state index < -0.39 is 5.82 Å². The minimum atomic E-state index is -0.617. The Labute approximate surface area is 118 Å². The SMILES string of the molecule is COc1c(F)cc(NC=C(C#N)c2nn[nH]n2)cc1Cl. The molecule has 102 valence electrons. The molecule has 0 amide bonds. The number of nitriles is 1. The second-order valence-electron chi connectivity index (χ2n) is 3.52. The minimum Gasteiger partial charge on any atom is -0.492 e. The molecule has 0 spiro atoms. The Morgan fingerprint density at radius 3 is 2.95 bits per heavy atom. The predicted molar refractivity (Wildman–Crippen MR) is 69.4 cm³/mol. The van der Waals surface area contributed by atoms with E-state index in [1.807, 2.05) is 6.07 Å². The molecule has 9 heteroatoms. The molecule has 0 atom stereocenters. The van der Waals surface area contributed by atoms with Gasteiger partial charge in [-0.1, -0.05) is 11.6 Å². The molecule has 0 bridgehead atoms. The molecule has 0 aliphatic rings. The maximum Gasteiger partial charge on any atom is 0.216 e. The first kappa shape index (κ1) is 13.8. The van der Waals surface area contributed by atoms with Gasteiger partial charge in [-0.25, -0.2) is 4.39 Å². The van der Waals surface area contributed by atoms with Gasteiger partial charge in [-0.05, 0) is 11.3 Å². The Kier molecular flexibility index (Phi) is 4.12. The van der Waals surface area contributed by atoms with Crippen LogP contribution in [0.15, 0.2) is 18.3 Å². The van der Waals surface area contributed by atoms with Gasteiger partial charge in [0.1, 0.15) is 11.6 Å². The lowest BCUT2D eigenvalue weighted by Crippen LogP contribution is -1.95. The van der Waals surface area contributed by atoms with Crippen molar-refractivity contribution in [1.82, 2.24) is 20.6 Å². The van der Waals surface area contributed by atoms with Crippen molar-refractivity contribution in [2.24, 2.45) is 0 Å². The van der Waals surface area contributed by atoms with Gasteiger partial charge in [-0.3, -0.25) is 0 Å². The molecule has 1 heterocycles. The van der Waals surface area contributed by atoms with Crippen molar-refractivity contribution in [3.8, 4) is 11.8 Å². The number of hydrogen-bond acceptors (Lipinski definition) is 6. The number of H-pyrrole nitrogens is 1. The van der Waals surface area contributed by atoms with Gasteiger partial charge in [-0.15, -0.1) is 10.2 Å². The first-order chi connectivity index (χ1) is 9.65. The van der Waals surface area contributed by atoms with Gasteiger partial charge in [0.25, 0.3) is 0 Å². The summed E-state index contributed by atoms with van der Waals surface area (Å²) in [6, 6.07) is 4.54. The van der Waals surface area contributed by atoms with Crippen LogP contribution < -0.4 is 10.1 Å². The average Bonchev–Trinajstić information content (AvgIpc) is 2.93. The number of tetrazole rings is 1. The summed E-state index contributed by atoms with van der Waals surface area (Å²) in [5.41, 5.74) is 0.482. The summed E-state index contributed by atoms with van der Waals surface area (Å²) in [4.78, 5) is 0. The number of nitrogens with one attached hydrogen (secondary N) is 2. The molecular formula is C11H8ClFN6O. The molecule has 0 saturated heterocycles. The zero-order chi connectivity index (χ0) is 14.5. The van der Waals surface area contributed by atoms with Crippen molar-refractivity contribution >= 4 is 22.9 Å². The molecule has 0 unspecified atom stereocenters. The van der Waals surface area contributed by atoms with Crippen LogP contribution in [-0.4, -0.2) is 27.7 Å². The monoisotopic (exact) mass is 294 g/mol. The van der Waals surface area contributed by atoms with Crippen LogP contribution in [0.1, 0.15) is 5.82 Å². The Bertz CT molecular complexity index is 656. The maximum absolute atomic E-state index is 13.6. The highest BCUT2D eigenvalue weighted by Crippen LogP contribution is 2.31. The molecule has 0 radical (unpaired) electrons. The number of methoxy groups -OCH3 is 1. The lowest BCUT2D eigenvalue weighted by molar-refractivity contribution is 0.387. The van der Waals surface area contributed by atoms with E-state index in [4.69, 9.17) is 21.6 Å². The van der Waals surface area contributed by atoms with Gasteiger partial charge in [-0.2, -0.15) is 10.5 Å². The van der Waals surface area contributed by atoms with Crippen LogP contribution in [0.25, 0.3) is 5.57 Å².